The van der Waals surface area contributed by atoms with Crippen molar-refractivity contribution in [3.05, 3.63) is 6.33 Å². The van der Waals surface area contributed by atoms with Crippen LogP contribution in [0.2, 0.25) is 0 Å². The first-order valence-corrected chi connectivity index (χ1v) is 6.06. The van der Waals surface area contributed by atoms with Crippen LogP contribution in [-0.4, -0.2) is 29.7 Å². The minimum atomic E-state index is 0.462. The number of rotatable bonds is 3. The Hall–Kier alpha value is -1.52. The maximum absolute atomic E-state index is 6.04. The number of nitrogens with two attached hydrogens (primary N) is 1. The topological polar surface area (TPSA) is 64.3 Å². The molecule has 94 valence electrons. The van der Waals surface area contributed by atoms with E-state index in [0.29, 0.717) is 23.5 Å². The van der Waals surface area contributed by atoms with Gasteiger partial charge in [0.2, 0.25) is 5.88 Å². The number of anilines is 2. The van der Waals surface area contributed by atoms with E-state index in [1.165, 1.54) is 19.2 Å². The van der Waals surface area contributed by atoms with Crippen molar-refractivity contribution in [3.8, 4) is 5.88 Å². The van der Waals surface area contributed by atoms with Crippen LogP contribution in [0.1, 0.15) is 26.7 Å². The van der Waals surface area contributed by atoms with E-state index >= 15 is 0 Å². The lowest BCUT2D eigenvalue weighted by atomic mass is 10.0. The Balaban J connectivity index is 2.33. The molecule has 1 atom stereocenters. The molecule has 1 aromatic heterocycles. The number of nitrogen functional groups attached to an aromatic ring is 1. The highest BCUT2D eigenvalue weighted by Gasteiger charge is 2.30. The van der Waals surface area contributed by atoms with Crippen LogP contribution in [0.15, 0.2) is 6.33 Å². The lowest BCUT2D eigenvalue weighted by Crippen LogP contribution is -2.34. The zero-order valence-electron chi connectivity index (χ0n) is 10.7. The molecule has 0 aromatic carbocycles. The molecule has 1 unspecified atom stereocenters. The van der Waals surface area contributed by atoms with Crippen molar-refractivity contribution >= 4 is 11.5 Å². The van der Waals surface area contributed by atoms with E-state index in [1.807, 2.05) is 0 Å². The minimum Gasteiger partial charge on any atom is -0.479 e. The predicted octanol–water partition coefficient (Wildman–Crippen LogP) is 1.69. The van der Waals surface area contributed by atoms with Gasteiger partial charge < -0.3 is 15.4 Å². The zero-order valence-corrected chi connectivity index (χ0v) is 10.7. The summed E-state index contributed by atoms with van der Waals surface area (Å²) in [6.45, 7) is 5.47. The maximum Gasteiger partial charge on any atom is 0.242 e. The molecule has 0 amide bonds. The van der Waals surface area contributed by atoms with Crippen molar-refractivity contribution in [2.75, 3.05) is 24.3 Å². The van der Waals surface area contributed by atoms with Crippen molar-refractivity contribution in [1.82, 2.24) is 9.97 Å². The summed E-state index contributed by atoms with van der Waals surface area (Å²) in [7, 11) is 1.58. The molecule has 1 aromatic rings. The molecular weight excluding hydrogens is 216 g/mol. The summed E-state index contributed by atoms with van der Waals surface area (Å²) in [6, 6.07) is 0.511. The molecule has 5 heteroatoms. The van der Waals surface area contributed by atoms with Gasteiger partial charge in [-0.15, -0.1) is 0 Å². The smallest absolute Gasteiger partial charge is 0.242 e. The van der Waals surface area contributed by atoms with Crippen molar-refractivity contribution in [1.29, 1.82) is 0 Å². The highest BCUT2D eigenvalue weighted by molar-refractivity contribution is 5.68. The Morgan fingerprint density at radius 1 is 1.47 bits per heavy atom. The van der Waals surface area contributed by atoms with Crippen LogP contribution in [-0.2, 0) is 0 Å². The molecule has 0 bridgehead atoms. The van der Waals surface area contributed by atoms with Gasteiger partial charge in [-0.3, -0.25) is 0 Å². The van der Waals surface area contributed by atoms with Crippen molar-refractivity contribution in [2.45, 2.75) is 32.7 Å². The second-order valence-electron chi connectivity index (χ2n) is 4.77. The van der Waals surface area contributed by atoms with Crippen LogP contribution in [0.5, 0.6) is 5.88 Å². The summed E-state index contributed by atoms with van der Waals surface area (Å²) in [5.74, 6) is 1.87. The number of nitrogens with zero attached hydrogens (tertiary/aromatic N) is 3. The molecule has 1 aliphatic rings. The fourth-order valence-corrected chi connectivity index (χ4v) is 2.51. The highest BCUT2D eigenvalue weighted by atomic mass is 16.5. The molecular formula is C12H20N4O. The zero-order chi connectivity index (χ0) is 12.4. The van der Waals surface area contributed by atoms with E-state index in [9.17, 15) is 0 Å². The Labute approximate surface area is 102 Å². The Kier molecular flexibility index (Phi) is 3.36. The fourth-order valence-electron chi connectivity index (χ4n) is 2.51. The average Bonchev–Trinajstić information content (AvgIpc) is 2.78. The van der Waals surface area contributed by atoms with E-state index < -0.39 is 0 Å². The third kappa shape index (κ3) is 2.14. The van der Waals surface area contributed by atoms with Crippen LogP contribution in [0.3, 0.4) is 0 Å². The summed E-state index contributed by atoms with van der Waals surface area (Å²) in [5.41, 5.74) is 6.59. The van der Waals surface area contributed by atoms with Gasteiger partial charge in [0.15, 0.2) is 5.82 Å². The Morgan fingerprint density at radius 2 is 2.24 bits per heavy atom. The second-order valence-corrected chi connectivity index (χ2v) is 4.77. The summed E-state index contributed by atoms with van der Waals surface area (Å²) in [4.78, 5) is 10.6. The first kappa shape index (κ1) is 12.0. The Bertz CT molecular complexity index is 394. The molecule has 0 radical (unpaired) electrons. The molecule has 2 heterocycles. The number of hydrogen-bond acceptors (Lipinski definition) is 5. The first-order chi connectivity index (χ1) is 8.15. The van der Waals surface area contributed by atoms with Crippen molar-refractivity contribution in [3.63, 3.8) is 0 Å². The molecule has 2 rings (SSSR count). The molecule has 0 aliphatic carbocycles. The van der Waals surface area contributed by atoms with Gasteiger partial charge in [0, 0.05) is 12.6 Å². The lowest BCUT2D eigenvalue weighted by molar-refractivity contribution is 0.398. The van der Waals surface area contributed by atoms with E-state index in [-0.39, 0.29) is 0 Å². The summed E-state index contributed by atoms with van der Waals surface area (Å²) in [5, 5.41) is 0. The molecule has 2 N–H and O–H groups in total. The monoisotopic (exact) mass is 236 g/mol. The van der Waals surface area contributed by atoms with Crippen molar-refractivity contribution in [2.24, 2.45) is 5.92 Å². The quantitative estimate of drug-likeness (QED) is 0.865. The third-order valence-electron chi connectivity index (χ3n) is 3.36. The molecule has 17 heavy (non-hydrogen) atoms. The summed E-state index contributed by atoms with van der Waals surface area (Å²) < 4.78 is 5.14. The van der Waals surface area contributed by atoms with E-state index in [0.717, 1.165) is 12.4 Å². The van der Waals surface area contributed by atoms with E-state index in [2.05, 4.69) is 28.7 Å². The van der Waals surface area contributed by atoms with Gasteiger partial charge in [0.05, 0.1) is 7.11 Å². The fraction of sp³-hybridized carbons (Fsp3) is 0.667. The molecule has 1 aliphatic heterocycles. The van der Waals surface area contributed by atoms with Gasteiger partial charge in [-0.2, -0.15) is 4.98 Å². The SMILES string of the molecule is COc1ncnc(N2CCCC2C(C)C)c1N. The van der Waals surface area contributed by atoms with Crippen LogP contribution in [0, 0.1) is 5.92 Å². The third-order valence-corrected chi connectivity index (χ3v) is 3.36. The second kappa shape index (κ2) is 4.77. The number of methoxy groups -OCH3 is 1. The van der Waals surface area contributed by atoms with Crippen LogP contribution >= 0.6 is 0 Å². The predicted molar refractivity (Wildman–Crippen MR) is 68.2 cm³/mol. The van der Waals surface area contributed by atoms with Gasteiger partial charge in [-0.1, -0.05) is 13.8 Å². The highest BCUT2D eigenvalue weighted by Crippen LogP contribution is 2.34. The van der Waals surface area contributed by atoms with Crippen LogP contribution in [0.25, 0.3) is 0 Å². The van der Waals surface area contributed by atoms with E-state index in [4.69, 9.17) is 10.5 Å². The van der Waals surface area contributed by atoms with Gasteiger partial charge in [-0.05, 0) is 18.8 Å². The average molecular weight is 236 g/mol. The largest absolute Gasteiger partial charge is 0.479 e. The van der Waals surface area contributed by atoms with Gasteiger partial charge in [0.1, 0.15) is 12.0 Å². The Morgan fingerprint density at radius 3 is 2.88 bits per heavy atom. The lowest BCUT2D eigenvalue weighted by Gasteiger charge is -2.29. The number of ether oxygens (including phenoxy) is 1. The molecule has 1 fully saturated rings. The maximum atomic E-state index is 6.04. The number of aromatic nitrogens is 2. The van der Waals surface area contributed by atoms with Gasteiger partial charge in [-0.25, -0.2) is 4.98 Å². The van der Waals surface area contributed by atoms with Crippen LogP contribution < -0.4 is 15.4 Å². The van der Waals surface area contributed by atoms with Crippen molar-refractivity contribution < 1.29 is 4.74 Å². The van der Waals surface area contributed by atoms with Gasteiger partial charge in [0.25, 0.3) is 0 Å². The molecule has 1 saturated heterocycles. The number of hydrogen-bond donors (Lipinski definition) is 1. The molecule has 5 nitrogen and oxygen atoms in total. The first-order valence-electron chi connectivity index (χ1n) is 6.06. The van der Waals surface area contributed by atoms with Gasteiger partial charge >= 0.3 is 0 Å². The normalized spacial score (nSPS) is 20.0. The molecule has 0 spiro atoms. The standard InChI is InChI=1S/C12H20N4O/c1-8(2)9-5-4-6-16(9)11-10(13)12(17-3)15-7-14-11/h7-9H,4-6,13H2,1-3H3. The van der Waals surface area contributed by atoms with E-state index in [1.54, 1.807) is 7.11 Å². The summed E-state index contributed by atoms with van der Waals surface area (Å²) >= 11 is 0. The minimum absolute atomic E-state index is 0.462. The van der Waals surface area contributed by atoms with Crippen LogP contribution in [0.4, 0.5) is 11.5 Å². The molecule has 0 saturated carbocycles. The summed E-state index contributed by atoms with van der Waals surface area (Å²) in [6.07, 6.45) is 3.90.